The largest absolute Gasteiger partial charge is 0.428 e. The van der Waals surface area contributed by atoms with Gasteiger partial charge in [0.1, 0.15) is 0 Å². The van der Waals surface area contributed by atoms with Crippen LogP contribution in [0.1, 0.15) is 38.7 Å². The average molecular weight is 267 g/mol. The van der Waals surface area contributed by atoms with Gasteiger partial charge in [0.25, 0.3) is 0 Å². The van der Waals surface area contributed by atoms with E-state index in [-0.39, 0.29) is 5.92 Å². The molecule has 2 rings (SSSR count). The van der Waals surface area contributed by atoms with Crippen LogP contribution in [-0.4, -0.2) is 14.1 Å². The van der Waals surface area contributed by atoms with Gasteiger partial charge < -0.3 is 4.18 Å². The minimum atomic E-state index is -3.83. The molecule has 0 aromatic heterocycles. The summed E-state index contributed by atoms with van der Waals surface area (Å²) in [5.74, 6) is 0.496. The average Bonchev–Trinajstić information content (AvgIpc) is 2.33. The fourth-order valence-corrected chi connectivity index (χ4v) is 2.98. The molecule has 1 aliphatic rings. The second-order valence-electron chi connectivity index (χ2n) is 4.53. The van der Waals surface area contributed by atoms with E-state index in [4.69, 9.17) is 4.18 Å². The molecule has 5 heteroatoms. The smallest absolute Gasteiger partial charge is 0.365 e. The van der Waals surface area contributed by atoms with Gasteiger partial charge in [-0.3, -0.25) is 0 Å². The minimum Gasteiger partial charge on any atom is -0.365 e. The Kier molecular flexibility index (Phi) is 3.71. The van der Waals surface area contributed by atoms with Crippen LogP contribution in [0.15, 0.2) is 28.7 Å². The Morgan fingerprint density at radius 3 is 2.78 bits per heavy atom. The summed E-state index contributed by atoms with van der Waals surface area (Å²) in [5.41, 5.74) is 1.40. The zero-order valence-electron chi connectivity index (χ0n) is 10.6. The van der Waals surface area contributed by atoms with Gasteiger partial charge in [0.05, 0.1) is 5.71 Å². The molecule has 1 atom stereocenters. The van der Waals surface area contributed by atoms with Crippen molar-refractivity contribution in [2.24, 2.45) is 10.3 Å². The van der Waals surface area contributed by atoms with Crippen molar-refractivity contribution in [2.45, 2.75) is 33.1 Å². The van der Waals surface area contributed by atoms with Gasteiger partial charge in [-0.2, -0.15) is 8.42 Å². The molecule has 0 spiro atoms. The lowest BCUT2D eigenvalue weighted by Gasteiger charge is -2.20. The molecule has 1 heterocycles. The van der Waals surface area contributed by atoms with E-state index in [0.717, 1.165) is 24.8 Å². The third kappa shape index (κ3) is 2.72. The maximum Gasteiger partial charge on any atom is 0.428 e. The molecule has 0 radical (unpaired) electrons. The first kappa shape index (κ1) is 13.1. The van der Waals surface area contributed by atoms with E-state index in [2.05, 4.69) is 11.3 Å². The number of hydrogen-bond donors (Lipinski definition) is 0. The Balaban J connectivity index is 2.40. The highest BCUT2D eigenvalue weighted by Crippen LogP contribution is 2.30. The SMILES string of the molecule is CCCCC(C)C1=NS(=O)(=O)Oc2ccccc21. The molecule has 0 saturated carbocycles. The van der Waals surface area contributed by atoms with Gasteiger partial charge in [0.2, 0.25) is 0 Å². The number of unbranched alkanes of at least 4 members (excludes halogenated alkanes) is 1. The van der Waals surface area contributed by atoms with Crippen LogP contribution in [0.5, 0.6) is 5.75 Å². The highest BCUT2D eigenvalue weighted by molar-refractivity contribution is 7.86. The molecule has 0 bridgehead atoms. The first-order chi connectivity index (χ1) is 8.53. The maximum absolute atomic E-state index is 11.6. The summed E-state index contributed by atoms with van der Waals surface area (Å²) in [7, 11) is -3.83. The Morgan fingerprint density at radius 1 is 1.33 bits per heavy atom. The van der Waals surface area contributed by atoms with Crippen LogP contribution in [0.25, 0.3) is 0 Å². The molecule has 0 saturated heterocycles. The summed E-state index contributed by atoms with van der Waals surface area (Å²) in [5, 5.41) is 0. The number of benzene rings is 1. The molecular formula is C13H17NO3S. The van der Waals surface area contributed by atoms with Crippen molar-refractivity contribution in [3.63, 3.8) is 0 Å². The summed E-state index contributed by atoms with van der Waals surface area (Å²) in [4.78, 5) is 0. The molecule has 0 N–H and O–H groups in total. The van der Waals surface area contributed by atoms with E-state index >= 15 is 0 Å². The fraction of sp³-hybridized carbons (Fsp3) is 0.462. The molecule has 0 amide bonds. The Labute approximate surface area is 108 Å². The van der Waals surface area contributed by atoms with Gasteiger partial charge in [-0.15, -0.1) is 4.40 Å². The predicted molar refractivity (Wildman–Crippen MR) is 71.2 cm³/mol. The number of fused-ring (bicyclic) bond motifs is 1. The van der Waals surface area contributed by atoms with Crippen molar-refractivity contribution in [3.05, 3.63) is 29.8 Å². The van der Waals surface area contributed by atoms with Crippen LogP contribution in [-0.2, 0) is 10.3 Å². The third-order valence-corrected chi connectivity index (χ3v) is 3.84. The summed E-state index contributed by atoms with van der Waals surface area (Å²) in [6.07, 6.45) is 3.07. The van der Waals surface area contributed by atoms with Crippen LogP contribution in [0, 0.1) is 5.92 Å². The van der Waals surface area contributed by atoms with Gasteiger partial charge >= 0.3 is 10.3 Å². The lowest BCUT2D eigenvalue weighted by molar-refractivity contribution is 0.482. The van der Waals surface area contributed by atoms with E-state index < -0.39 is 10.3 Å². The Bertz CT molecular complexity index is 563. The lowest BCUT2D eigenvalue weighted by atomic mass is 9.93. The molecule has 1 aromatic rings. The standard InChI is InChI=1S/C13H17NO3S/c1-3-4-7-10(2)13-11-8-5-6-9-12(11)17-18(15,16)14-13/h5-6,8-10H,3-4,7H2,1-2H3. The number of rotatable bonds is 4. The van der Waals surface area contributed by atoms with Crippen molar-refractivity contribution in [2.75, 3.05) is 0 Å². The maximum atomic E-state index is 11.6. The van der Waals surface area contributed by atoms with Gasteiger partial charge in [-0.1, -0.05) is 38.8 Å². The summed E-state index contributed by atoms with van der Waals surface area (Å²) in [6.45, 7) is 4.12. The minimum absolute atomic E-state index is 0.116. The van der Waals surface area contributed by atoms with Crippen molar-refractivity contribution in [1.82, 2.24) is 0 Å². The van der Waals surface area contributed by atoms with Crippen LogP contribution in [0.3, 0.4) is 0 Å². The topological polar surface area (TPSA) is 55.7 Å². The van der Waals surface area contributed by atoms with E-state index in [1.165, 1.54) is 0 Å². The molecule has 1 aromatic carbocycles. The van der Waals surface area contributed by atoms with E-state index in [9.17, 15) is 8.42 Å². The zero-order chi connectivity index (χ0) is 13.2. The summed E-state index contributed by atoms with van der Waals surface area (Å²) in [6, 6.07) is 7.13. The van der Waals surface area contributed by atoms with Gasteiger partial charge in [-0.05, 0) is 18.6 Å². The van der Waals surface area contributed by atoms with Crippen molar-refractivity contribution < 1.29 is 12.6 Å². The van der Waals surface area contributed by atoms with Gasteiger partial charge in [0, 0.05) is 11.5 Å². The highest BCUT2D eigenvalue weighted by Gasteiger charge is 2.27. The number of hydrogen-bond acceptors (Lipinski definition) is 3. The van der Waals surface area contributed by atoms with Crippen molar-refractivity contribution >= 4 is 16.0 Å². The van der Waals surface area contributed by atoms with Crippen molar-refractivity contribution in [3.8, 4) is 5.75 Å². The van der Waals surface area contributed by atoms with Crippen LogP contribution >= 0.6 is 0 Å². The Hall–Kier alpha value is -1.36. The van der Waals surface area contributed by atoms with Crippen LogP contribution in [0.2, 0.25) is 0 Å². The molecule has 4 nitrogen and oxygen atoms in total. The molecule has 18 heavy (non-hydrogen) atoms. The summed E-state index contributed by atoms with van der Waals surface area (Å²) >= 11 is 0. The molecule has 98 valence electrons. The highest BCUT2D eigenvalue weighted by atomic mass is 32.2. The third-order valence-electron chi connectivity index (χ3n) is 3.03. The number of nitrogens with zero attached hydrogens (tertiary/aromatic N) is 1. The quantitative estimate of drug-likeness (QED) is 0.842. The monoisotopic (exact) mass is 267 g/mol. The zero-order valence-corrected chi connectivity index (χ0v) is 11.4. The molecule has 1 unspecified atom stereocenters. The van der Waals surface area contributed by atoms with E-state index in [1.54, 1.807) is 12.1 Å². The van der Waals surface area contributed by atoms with E-state index in [0.29, 0.717) is 11.5 Å². The van der Waals surface area contributed by atoms with Gasteiger partial charge in [0.15, 0.2) is 5.75 Å². The van der Waals surface area contributed by atoms with Crippen LogP contribution in [0.4, 0.5) is 0 Å². The van der Waals surface area contributed by atoms with Gasteiger partial charge in [-0.25, -0.2) is 0 Å². The molecule has 0 aliphatic carbocycles. The van der Waals surface area contributed by atoms with Crippen LogP contribution < -0.4 is 4.18 Å². The number of para-hydroxylation sites is 1. The molecular weight excluding hydrogens is 250 g/mol. The second kappa shape index (κ2) is 5.10. The predicted octanol–water partition coefficient (Wildman–Crippen LogP) is 2.94. The first-order valence-corrected chi connectivity index (χ1v) is 7.53. The molecule has 1 aliphatic heterocycles. The summed E-state index contributed by atoms with van der Waals surface area (Å²) < 4.78 is 31.8. The lowest BCUT2D eigenvalue weighted by Crippen LogP contribution is -2.23. The fourth-order valence-electron chi connectivity index (χ4n) is 2.06. The Morgan fingerprint density at radius 2 is 2.06 bits per heavy atom. The van der Waals surface area contributed by atoms with E-state index in [1.807, 2.05) is 19.1 Å². The van der Waals surface area contributed by atoms with Crippen molar-refractivity contribution in [1.29, 1.82) is 0 Å². The normalized spacial score (nSPS) is 18.4. The molecule has 0 fully saturated rings. The first-order valence-electron chi connectivity index (χ1n) is 6.17. The second-order valence-corrected chi connectivity index (χ2v) is 5.73.